The normalized spacial score (nSPS) is 14.6. The van der Waals surface area contributed by atoms with Gasteiger partial charge in [-0.25, -0.2) is 0 Å². The van der Waals surface area contributed by atoms with Crippen LogP contribution in [0.1, 0.15) is 0 Å². The minimum absolute atomic E-state index is 0.889. The fourth-order valence-corrected chi connectivity index (χ4v) is 1.84. The molecule has 2 aromatic rings. The lowest BCUT2D eigenvalue weighted by Gasteiger charge is -2.13. The summed E-state index contributed by atoms with van der Waals surface area (Å²) in [5, 5.41) is 0. The molecule has 80 valence electrons. The maximum atomic E-state index is 5.34. The smallest absolute Gasteiger partial charge is 0.133 e. The first-order valence-electron chi connectivity index (χ1n) is 5.34. The highest BCUT2D eigenvalue weighted by Gasteiger charge is 2.08. The van der Waals surface area contributed by atoms with Crippen LogP contribution in [0, 0.1) is 0 Å². The molecule has 0 fully saturated rings. The second kappa shape index (κ2) is 3.85. The van der Waals surface area contributed by atoms with Gasteiger partial charge in [0.2, 0.25) is 0 Å². The highest BCUT2D eigenvalue weighted by Crippen LogP contribution is 2.23. The lowest BCUT2D eigenvalue weighted by Crippen LogP contribution is -2.17. The van der Waals surface area contributed by atoms with Crippen molar-refractivity contribution in [3.05, 3.63) is 42.7 Å². The van der Waals surface area contributed by atoms with E-state index in [2.05, 4.69) is 34.2 Å². The third-order valence-electron chi connectivity index (χ3n) is 2.70. The molecule has 0 bridgehead atoms. The molecular weight excluding hydrogens is 200 g/mol. The predicted molar refractivity (Wildman–Crippen MR) is 64.8 cm³/mol. The topological polar surface area (TPSA) is 28.7 Å². The summed E-state index contributed by atoms with van der Waals surface area (Å²) < 4.78 is 5.34. The summed E-state index contributed by atoms with van der Waals surface area (Å²) in [5.74, 6) is 0.904. The van der Waals surface area contributed by atoms with Crippen LogP contribution in [-0.4, -0.2) is 19.4 Å². The second-order valence-electron chi connectivity index (χ2n) is 3.74. The number of furan rings is 1. The molecule has 0 saturated heterocycles. The summed E-state index contributed by atoms with van der Waals surface area (Å²) >= 11 is 0. The van der Waals surface area contributed by atoms with E-state index in [1.54, 1.807) is 6.26 Å². The monoisotopic (exact) mass is 212 g/mol. The number of nitrogens with zero attached hydrogens (tertiary/aromatic N) is 2. The summed E-state index contributed by atoms with van der Waals surface area (Å²) in [5.41, 5.74) is 2.28. The van der Waals surface area contributed by atoms with Gasteiger partial charge in [-0.15, -0.1) is 0 Å². The van der Waals surface area contributed by atoms with E-state index in [-0.39, 0.29) is 0 Å². The van der Waals surface area contributed by atoms with E-state index in [0.29, 0.717) is 0 Å². The van der Waals surface area contributed by atoms with Gasteiger partial charge in [0.05, 0.1) is 19.1 Å². The van der Waals surface area contributed by atoms with Crippen LogP contribution < -0.4 is 4.90 Å². The Morgan fingerprint density at radius 2 is 2.00 bits per heavy atom. The van der Waals surface area contributed by atoms with Gasteiger partial charge in [-0.2, -0.15) is 0 Å². The molecule has 1 aliphatic heterocycles. The first-order valence-corrected chi connectivity index (χ1v) is 5.34. The van der Waals surface area contributed by atoms with E-state index in [4.69, 9.17) is 4.42 Å². The maximum absolute atomic E-state index is 5.34. The van der Waals surface area contributed by atoms with Crippen LogP contribution in [0.2, 0.25) is 0 Å². The Kier molecular flexibility index (Phi) is 2.22. The van der Waals surface area contributed by atoms with Gasteiger partial charge >= 0.3 is 0 Å². The van der Waals surface area contributed by atoms with E-state index in [1.165, 1.54) is 5.69 Å². The van der Waals surface area contributed by atoms with Crippen molar-refractivity contribution >= 4 is 12.0 Å². The first kappa shape index (κ1) is 9.21. The molecule has 16 heavy (non-hydrogen) atoms. The summed E-state index contributed by atoms with van der Waals surface area (Å²) in [7, 11) is 0. The molecule has 1 aromatic heterocycles. The largest absolute Gasteiger partial charge is 0.464 e. The van der Waals surface area contributed by atoms with Crippen LogP contribution in [-0.2, 0) is 0 Å². The molecule has 0 saturated carbocycles. The highest BCUT2D eigenvalue weighted by molar-refractivity contribution is 5.81. The predicted octanol–water partition coefficient (Wildman–Crippen LogP) is 2.79. The van der Waals surface area contributed by atoms with Gasteiger partial charge in [-0.05, 0) is 36.4 Å². The summed E-state index contributed by atoms with van der Waals surface area (Å²) in [4.78, 5) is 6.34. The lowest BCUT2D eigenvalue weighted by molar-refractivity contribution is 0.582. The van der Waals surface area contributed by atoms with Crippen molar-refractivity contribution in [2.45, 2.75) is 0 Å². The van der Waals surface area contributed by atoms with Gasteiger partial charge in [0.25, 0.3) is 0 Å². The van der Waals surface area contributed by atoms with Crippen LogP contribution >= 0.6 is 0 Å². The van der Waals surface area contributed by atoms with E-state index >= 15 is 0 Å². The molecule has 0 atom stereocenters. The Bertz CT molecular complexity index is 485. The Hall–Kier alpha value is -2.03. The average Bonchev–Trinajstić information content (AvgIpc) is 3.03. The molecule has 1 aliphatic rings. The average molecular weight is 212 g/mol. The number of rotatable bonds is 2. The Balaban J connectivity index is 1.87. The van der Waals surface area contributed by atoms with E-state index in [1.807, 2.05) is 18.5 Å². The number of hydrogen-bond acceptors (Lipinski definition) is 3. The van der Waals surface area contributed by atoms with Gasteiger partial charge in [0.1, 0.15) is 5.76 Å². The van der Waals surface area contributed by atoms with E-state index in [0.717, 1.165) is 24.4 Å². The van der Waals surface area contributed by atoms with Crippen LogP contribution in [0.15, 0.2) is 52.1 Å². The van der Waals surface area contributed by atoms with Gasteiger partial charge < -0.3 is 9.32 Å². The Morgan fingerprint density at radius 3 is 2.62 bits per heavy atom. The van der Waals surface area contributed by atoms with Gasteiger partial charge in [0, 0.05) is 17.8 Å². The Labute approximate surface area is 94.0 Å². The Morgan fingerprint density at radius 1 is 1.12 bits per heavy atom. The SMILES string of the molecule is C1=NCCN1c1ccc(-c2ccco2)cc1. The number of aliphatic imine (C=N–C) groups is 1. The van der Waals surface area contributed by atoms with Crippen molar-refractivity contribution in [1.82, 2.24) is 0 Å². The quantitative estimate of drug-likeness (QED) is 0.765. The molecule has 3 heteroatoms. The molecule has 2 heterocycles. The lowest BCUT2D eigenvalue weighted by atomic mass is 10.1. The maximum Gasteiger partial charge on any atom is 0.133 e. The zero-order chi connectivity index (χ0) is 10.8. The third kappa shape index (κ3) is 1.60. The zero-order valence-electron chi connectivity index (χ0n) is 8.84. The van der Waals surface area contributed by atoms with Crippen molar-refractivity contribution in [2.24, 2.45) is 4.99 Å². The molecule has 0 spiro atoms. The van der Waals surface area contributed by atoms with Crippen LogP contribution in [0.5, 0.6) is 0 Å². The van der Waals surface area contributed by atoms with Gasteiger partial charge in [-0.3, -0.25) is 4.99 Å². The van der Waals surface area contributed by atoms with Gasteiger partial charge in [-0.1, -0.05) is 0 Å². The highest BCUT2D eigenvalue weighted by atomic mass is 16.3. The number of benzene rings is 1. The molecule has 0 amide bonds. The van der Waals surface area contributed by atoms with Crippen molar-refractivity contribution < 1.29 is 4.42 Å². The van der Waals surface area contributed by atoms with E-state index in [9.17, 15) is 0 Å². The molecule has 0 unspecified atom stereocenters. The standard InChI is InChI=1S/C13H12N2O/c1-2-13(16-9-1)11-3-5-12(6-4-11)15-8-7-14-10-15/h1-6,9-10H,7-8H2. The number of anilines is 1. The minimum Gasteiger partial charge on any atom is -0.464 e. The number of hydrogen-bond donors (Lipinski definition) is 0. The van der Waals surface area contributed by atoms with Crippen molar-refractivity contribution in [2.75, 3.05) is 18.0 Å². The van der Waals surface area contributed by atoms with Crippen LogP contribution in [0.4, 0.5) is 5.69 Å². The van der Waals surface area contributed by atoms with Crippen LogP contribution in [0.25, 0.3) is 11.3 Å². The van der Waals surface area contributed by atoms with Crippen molar-refractivity contribution in [3.8, 4) is 11.3 Å². The molecule has 0 aliphatic carbocycles. The van der Waals surface area contributed by atoms with Gasteiger partial charge in [0.15, 0.2) is 0 Å². The summed E-state index contributed by atoms with van der Waals surface area (Å²) in [6.45, 7) is 1.86. The van der Waals surface area contributed by atoms with E-state index < -0.39 is 0 Å². The molecule has 3 rings (SSSR count). The summed E-state index contributed by atoms with van der Waals surface area (Å²) in [6.07, 6.45) is 3.58. The minimum atomic E-state index is 0.889. The fraction of sp³-hybridized carbons (Fsp3) is 0.154. The fourth-order valence-electron chi connectivity index (χ4n) is 1.84. The third-order valence-corrected chi connectivity index (χ3v) is 2.70. The van der Waals surface area contributed by atoms with Crippen molar-refractivity contribution in [1.29, 1.82) is 0 Å². The van der Waals surface area contributed by atoms with Crippen molar-refractivity contribution in [3.63, 3.8) is 0 Å². The molecule has 3 nitrogen and oxygen atoms in total. The second-order valence-corrected chi connectivity index (χ2v) is 3.74. The van der Waals surface area contributed by atoms with Crippen LogP contribution in [0.3, 0.4) is 0 Å². The first-order chi connectivity index (χ1) is 7.93. The molecule has 1 aromatic carbocycles. The molecule has 0 radical (unpaired) electrons. The molecule has 0 N–H and O–H groups in total. The summed E-state index contributed by atoms with van der Waals surface area (Å²) in [6, 6.07) is 12.2. The molecular formula is C13H12N2O. The zero-order valence-corrected chi connectivity index (χ0v) is 8.84.